The molecule has 0 aliphatic carbocycles. The Balaban J connectivity index is 1.61. The third kappa shape index (κ3) is 2.87. The second-order valence-electron chi connectivity index (χ2n) is 6.54. The van der Waals surface area contributed by atoms with Crippen LogP contribution in [0.2, 0.25) is 5.02 Å². The number of aromatic nitrogens is 5. The van der Waals surface area contributed by atoms with Crippen molar-refractivity contribution in [1.82, 2.24) is 24.3 Å². The number of rotatable bonds is 3. The Kier molecular flexibility index (Phi) is 4.14. The van der Waals surface area contributed by atoms with Crippen molar-refractivity contribution < 1.29 is 4.79 Å². The molecule has 0 unspecified atom stereocenters. The van der Waals surface area contributed by atoms with Crippen LogP contribution >= 0.6 is 27.5 Å². The predicted octanol–water partition coefficient (Wildman–Crippen LogP) is 4.33. The van der Waals surface area contributed by atoms with E-state index in [1.165, 1.54) is 6.33 Å². The minimum atomic E-state index is -0.0572. The van der Waals surface area contributed by atoms with Crippen molar-refractivity contribution in [3.8, 4) is 17.1 Å². The van der Waals surface area contributed by atoms with Crippen LogP contribution in [0.1, 0.15) is 21.7 Å². The molecule has 0 amide bonds. The second kappa shape index (κ2) is 6.68. The van der Waals surface area contributed by atoms with Crippen LogP contribution in [0.15, 0.2) is 59.6 Å². The number of Topliss-reactive ketones (excluding diaryl/α,β-unsaturated/α-hetero) is 1. The Morgan fingerprint density at radius 2 is 2.07 bits per heavy atom. The summed E-state index contributed by atoms with van der Waals surface area (Å²) in [5, 5.41) is 4.95. The number of carbonyl (C=O) groups is 1. The van der Waals surface area contributed by atoms with Crippen LogP contribution < -0.4 is 0 Å². The highest BCUT2D eigenvalue weighted by molar-refractivity contribution is 9.10. The third-order valence-corrected chi connectivity index (χ3v) is 5.49. The summed E-state index contributed by atoms with van der Waals surface area (Å²) < 4.78 is 4.69. The van der Waals surface area contributed by atoms with E-state index in [1.807, 2.05) is 34.9 Å². The fourth-order valence-electron chi connectivity index (χ4n) is 3.51. The molecule has 28 heavy (non-hydrogen) atoms. The minimum Gasteiger partial charge on any atom is -0.300 e. The van der Waals surface area contributed by atoms with Crippen LogP contribution in [-0.4, -0.2) is 30.1 Å². The van der Waals surface area contributed by atoms with Crippen LogP contribution in [0.25, 0.3) is 17.1 Å². The summed E-state index contributed by atoms with van der Waals surface area (Å²) in [5.41, 5.74) is 3.94. The quantitative estimate of drug-likeness (QED) is 0.381. The van der Waals surface area contributed by atoms with Crippen LogP contribution in [0.4, 0.5) is 0 Å². The van der Waals surface area contributed by atoms with E-state index in [0.717, 1.165) is 32.8 Å². The van der Waals surface area contributed by atoms with Crippen molar-refractivity contribution in [2.45, 2.75) is 13.0 Å². The van der Waals surface area contributed by atoms with Gasteiger partial charge in [-0.15, -0.1) is 0 Å². The lowest BCUT2D eigenvalue weighted by atomic mass is 10.1. The fourth-order valence-corrected chi connectivity index (χ4v) is 4.08. The van der Waals surface area contributed by atoms with Crippen LogP contribution in [-0.2, 0) is 13.0 Å². The van der Waals surface area contributed by atoms with Crippen molar-refractivity contribution in [3.63, 3.8) is 0 Å². The maximum atomic E-state index is 13.0. The first-order chi connectivity index (χ1) is 13.6. The highest BCUT2D eigenvalue weighted by atomic mass is 79.9. The number of benzene rings is 2. The highest BCUT2D eigenvalue weighted by Gasteiger charge is 2.26. The van der Waals surface area contributed by atoms with Gasteiger partial charge in [-0.3, -0.25) is 9.36 Å². The van der Waals surface area contributed by atoms with Crippen molar-refractivity contribution in [1.29, 1.82) is 0 Å². The maximum absolute atomic E-state index is 13.0. The molecule has 1 aliphatic heterocycles. The maximum Gasteiger partial charge on any atom is 0.187 e. The second-order valence-corrected chi connectivity index (χ2v) is 7.89. The van der Waals surface area contributed by atoms with E-state index in [4.69, 9.17) is 11.6 Å². The van der Waals surface area contributed by atoms with Gasteiger partial charge in [0.1, 0.15) is 18.3 Å². The van der Waals surface area contributed by atoms with Crippen molar-refractivity contribution in [2.75, 3.05) is 0 Å². The van der Waals surface area contributed by atoms with Gasteiger partial charge < -0.3 is 0 Å². The van der Waals surface area contributed by atoms with Gasteiger partial charge in [0.25, 0.3) is 0 Å². The average molecular weight is 455 g/mol. The van der Waals surface area contributed by atoms with E-state index < -0.39 is 0 Å². The first-order valence-electron chi connectivity index (χ1n) is 8.62. The van der Waals surface area contributed by atoms with Gasteiger partial charge in [0, 0.05) is 21.5 Å². The summed E-state index contributed by atoms with van der Waals surface area (Å²) in [7, 11) is 0. The molecule has 2 aromatic heterocycles. The van der Waals surface area contributed by atoms with E-state index in [0.29, 0.717) is 17.3 Å². The molecule has 0 fully saturated rings. The Morgan fingerprint density at radius 3 is 2.93 bits per heavy atom. The zero-order valence-electron chi connectivity index (χ0n) is 14.5. The normalized spacial score (nSPS) is 12.1. The number of carbonyl (C=O) groups excluding carboxylic acids is 1. The van der Waals surface area contributed by atoms with Crippen molar-refractivity contribution >= 4 is 33.3 Å². The molecule has 1 aliphatic rings. The molecule has 4 aromatic rings. The Labute approximate surface area is 173 Å². The van der Waals surface area contributed by atoms with Crippen LogP contribution in [0.3, 0.4) is 0 Å². The van der Waals surface area contributed by atoms with Gasteiger partial charge in [0.15, 0.2) is 11.6 Å². The standard InChI is InChI=1S/C20H13BrClN5O/c21-13-4-5-16-15(8-13)20-23-10-25-27(20)9-17-19(24-11-26(16)17)18(28)7-12-2-1-3-14(22)6-12/h1-6,8,10-11H,7,9H2. The Morgan fingerprint density at radius 1 is 1.18 bits per heavy atom. The van der Waals surface area contributed by atoms with E-state index in [9.17, 15) is 4.79 Å². The summed E-state index contributed by atoms with van der Waals surface area (Å²) >= 11 is 9.57. The lowest BCUT2D eigenvalue weighted by molar-refractivity contribution is 0.0987. The molecular formula is C20H13BrClN5O. The van der Waals surface area contributed by atoms with Crippen LogP contribution in [0.5, 0.6) is 0 Å². The SMILES string of the molecule is O=C(Cc1cccc(Cl)c1)c1ncn2c1Cn1ncnc1-c1cc(Br)ccc1-2. The molecule has 0 bridgehead atoms. The molecule has 6 nitrogen and oxygen atoms in total. The molecule has 8 heteroatoms. The molecule has 0 radical (unpaired) electrons. The molecule has 5 rings (SSSR count). The summed E-state index contributed by atoms with van der Waals surface area (Å²) in [5.74, 6) is 0.700. The summed E-state index contributed by atoms with van der Waals surface area (Å²) in [6.45, 7) is 0.415. The minimum absolute atomic E-state index is 0.0572. The molecule has 0 saturated heterocycles. The number of nitrogens with zero attached hydrogens (tertiary/aromatic N) is 5. The Hall–Kier alpha value is -2.77. The number of imidazole rings is 1. The molecule has 2 aromatic carbocycles. The summed E-state index contributed by atoms with van der Waals surface area (Å²) in [4.78, 5) is 21.9. The lowest BCUT2D eigenvalue weighted by Crippen LogP contribution is -2.12. The molecule has 3 heterocycles. The molecule has 0 spiro atoms. The van der Waals surface area contributed by atoms with E-state index in [1.54, 1.807) is 23.1 Å². The first-order valence-corrected chi connectivity index (χ1v) is 9.79. The van der Waals surface area contributed by atoms with E-state index >= 15 is 0 Å². The topological polar surface area (TPSA) is 65.6 Å². The number of fused-ring (bicyclic) bond motifs is 5. The van der Waals surface area contributed by atoms with Crippen molar-refractivity contribution in [2.24, 2.45) is 0 Å². The van der Waals surface area contributed by atoms with Gasteiger partial charge in [-0.2, -0.15) is 5.10 Å². The highest BCUT2D eigenvalue weighted by Crippen LogP contribution is 2.33. The summed E-state index contributed by atoms with van der Waals surface area (Å²) in [6.07, 6.45) is 3.46. The zero-order chi connectivity index (χ0) is 19.3. The van der Waals surface area contributed by atoms with Gasteiger partial charge in [-0.05, 0) is 35.9 Å². The van der Waals surface area contributed by atoms with Gasteiger partial charge >= 0.3 is 0 Å². The van der Waals surface area contributed by atoms with Gasteiger partial charge in [-0.25, -0.2) is 14.6 Å². The largest absolute Gasteiger partial charge is 0.300 e. The number of halogens is 2. The van der Waals surface area contributed by atoms with Gasteiger partial charge in [0.05, 0.1) is 17.9 Å². The molecule has 0 atom stereocenters. The predicted molar refractivity (Wildman–Crippen MR) is 109 cm³/mol. The lowest BCUT2D eigenvalue weighted by Gasteiger charge is -2.09. The van der Waals surface area contributed by atoms with E-state index in [2.05, 4.69) is 31.0 Å². The van der Waals surface area contributed by atoms with Crippen LogP contribution in [0, 0.1) is 0 Å². The Bertz CT molecular complexity index is 1230. The fraction of sp³-hybridized carbons (Fsp3) is 0.100. The third-order valence-electron chi connectivity index (χ3n) is 4.76. The van der Waals surface area contributed by atoms with Crippen molar-refractivity contribution in [3.05, 3.63) is 81.6 Å². The monoisotopic (exact) mass is 453 g/mol. The molecule has 138 valence electrons. The average Bonchev–Trinajstić information content (AvgIpc) is 3.27. The number of ketones is 1. The molecule has 0 saturated carbocycles. The molecular weight excluding hydrogens is 442 g/mol. The first kappa shape index (κ1) is 17.3. The van der Waals surface area contributed by atoms with Gasteiger partial charge in [-0.1, -0.05) is 39.7 Å². The number of hydrogen-bond donors (Lipinski definition) is 0. The van der Waals surface area contributed by atoms with E-state index in [-0.39, 0.29) is 12.2 Å². The summed E-state index contributed by atoms with van der Waals surface area (Å²) in [6, 6.07) is 13.3. The molecule has 0 N–H and O–H groups in total. The number of hydrogen-bond acceptors (Lipinski definition) is 4. The smallest absolute Gasteiger partial charge is 0.187 e. The van der Waals surface area contributed by atoms with Gasteiger partial charge in [0.2, 0.25) is 0 Å². The zero-order valence-corrected chi connectivity index (χ0v) is 16.9.